The monoisotopic (exact) mass is 390 g/mol. The average molecular weight is 390 g/mol. The molecule has 2 aromatic carbocycles. The fourth-order valence-corrected chi connectivity index (χ4v) is 4.78. The number of carbonyl (C=O) groups is 1. The molecule has 144 valence electrons. The number of fused-ring (bicyclic) bond motifs is 1. The summed E-state index contributed by atoms with van der Waals surface area (Å²) in [6.45, 7) is 2.33. The maximum Gasteiger partial charge on any atom is 0.250 e. The second kappa shape index (κ2) is 7.68. The van der Waals surface area contributed by atoms with Gasteiger partial charge in [0.2, 0.25) is 10.0 Å². The second-order valence-corrected chi connectivity index (χ2v) is 8.54. The number of halogens is 1. The summed E-state index contributed by atoms with van der Waals surface area (Å²) in [5.41, 5.74) is 2.20. The Morgan fingerprint density at radius 3 is 2.48 bits per heavy atom. The maximum atomic E-state index is 13.4. The molecule has 1 heterocycles. The minimum absolute atomic E-state index is 0.264. The highest BCUT2D eigenvalue weighted by molar-refractivity contribution is 7.92. The quantitative estimate of drug-likeness (QED) is 0.787. The van der Waals surface area contributed by atoms with Gasteiger partial charge in [-0.15, -0.1) is 0 Å². The van der Waals surface area contributed by atoms with Crippen LogP contribution in [-0.2, 0) is 21.2 Å². The van der Waals surface area contributed by atoms with Crippen LogP contribution >= 0.6 is 0 Å². The summed E-state index contributed by atoms with van der Waals surface area (Å²) < 4.78 is 39.4. The van der Waals surface area contributed by atoms with E-state index in [1.807, 2.05) is 24.3 Å². The van der Waals surface area contributed by atoms with Crippen LogP contribution in [0.5, 0.6) is 0 Å². The highest BCUT2D eigenvalue weighted by Crippen LogP contribution is 2.30. The smallest absolute Gasteiger partial charge is 0.250 e. The van der Waals surface area contributed by atoms with Gasteiger partial charge in [-0.25, -0.2) is 12.8 Å². The van der Waals surface area contributed by atoms with E-state index in [1.165, 1.54) is 24.3 Å². The first-order chi connectivity index (χ1) is 12.8. The van der Waals surface area contributed by atoms with Gasteiger partial charge in [0.05, 0.1) is 11.9 Å². The maximum absolute atomic E-state index is 13.4. The van der Waals surface area contributed by atoms with E-state index in [0.29, 0.717) is 13.0 Å². The number of hydrogen-bond acceptors (Lipinski definition) is 3. The Kier molecular flexibility index (Phi) is 5.51. The number of benzene rings is 2. The van der Waals surface area contributed by atoms with Crippen molar-refractivity contribution in [2.75, 3.05) is 22.0 Å². The van der Waals surface area contributed by atoms with Gasteiger partial charge in [-0.3, -0.25) is 9.10 Å². The van der Waals surface area contributed by atoms with Gasteiger partial charge in [0.1, 0.15) is 11.9 Å². The van der Waals surface area contributed by atoms with E-state index >= 15 is 0 Å². The van der Waals surface area contributed by atoms with E-state index in [-0.39, 0.29) is 11.6 Å². The molecule has 1 atom stereocenters. The minimum atomic E-state index is -3.74. The normalized spacial score (nSPS) is 15.1. The van der Waals surface area contributed by atoms with Crippen molar-refractivity contribution >= 4 is 27.3 Å². The Morgan fingerprint density at radius 1 is 1.19 bits per heavy atom. The van der Waals surface area contributed by atoms with Crippen molar-refractivity contribution in [3.63, 3.8) is 0 Å². The zero-order valence-electron chi connectivity index (χ0n) is 15.4. The van der Waals surface area contributed by atoms with Gasteiger partial charge in [-0.2, -0.15) is 0 Å². The summed E-state index contributed by atoms with van der Waals surface area (Å²) in [6, 6.07) is 12.0. The lowest BCUT2D eigenvalue weighted by atomic mass is 10.0. The van der Waals surface area contributed by atoms with Gasteiger partial charge < -0.3 is 4.90 Å². The molecule has 0 fully saturated rings. The Labute approximate surface area is 159 Å². The molecule has 0 aliphatic carbocycles. The van der Waals surface area contributed by atoms with Crippen molar-refractivity contribution in [3.8, 4) is 0 Å². The van der Waals surface area contributed by atoms with Crippen LogP contribution < -0.4 is 9.21 Å². The number of aryl methyl sites for hydroxylation is 1. The predicted molar refractivity (Wildman–Crippen MR) is 105 cm³/mol. The van der Waals surface area contributed by atoms with Crippen LogP contribution in [0.1, 0.15) is 25.3 Å². The summed E-state index contributed by atoms with van der Waals surface area (Å²) in [7, 11) is -3.74. The molecule has 2 aromatic rings. The first-order valence-corrected chi connectivity index (χ1v) is 10.8. The van der Waals surface area contributed by atoms with Crippen LogP contribution in [0.3, 0.4) is 0 Å². The molecule has 0 aromatic heterocycles. The molecule has 0 unspecified atom stereocenters. The molecule has 3 rings (SSSR count). The predicted octanol–water partition coefficient (Wildman–Crippen LogP) is 3.35. The fraction of sp³-hybridized carbons (Fsp3) is 0.350. The molecule has 0 N–H and O–H groups in total. The third-order valence-electron chi connectivity index (χ3n) is 4.77. The lowest BCUT2D eigenvalue weighted by molar-refractivity contribution is -0.119. The molecule has 0 bridgehead atoms. The average Bonchev–Trinajstić information content (AvgIpc) is 2.65. The fourth-order valence-electron chi connectivity index (χ4n) is 3.57. The number of nitrogens with zero attached hydrogens (tertiary/aromatic N) is 2. The molecule has 0 saturated carbocycles. The zero-order chi connectivity index (χ0) is 19.6. The molecule has 0 spiro atoms. The van der Waals surface area contributed by atoms with E-state index in [9.17, 15) is 17.6 Å². The summed E-state index contributed by atoms with van der Waals surface area (Å²) in [6.07, 6.45) is 3.09. The van der Waals surface area contributed by atoms with Crippen LogP contribution in [0, 0.1) is 5.82 Å². The number of carbonyl (C=O) groups excluding carboxylic acids is 1. The van der Waals surface area contributed by atoms with E-state index in [2.05, 4.69) is 0 Å². The van der Waals surface area contributed by atoms with E-state index in [1.54, 1.807) is 11.8 Å². The Hall–Kier alpha value is -2.41. The molecule has 1 amide bonds. The summed E-state index contributed by atoms with van der Waals surface area (Å²) >= 11 is 0. The Morgan fingerprint density at radius 2 is 1.85 bits per heavy atom. The van der Waals surface area contributed by atoms with E-state index < -0.39 is 21.9 Å². The Bertz CT molecular complexity index is 928. The van der Waals surface area contributed by atoms with Crippen molar-refractivity contribution in [2.45, 2.75) is 32.2 Å². The van der Waals surface area contributed by atoms with Crippen molar-refractivity contribution in [2.24, 2.45) is 0 Å². The topological polar surface area (TPSA) is 57.7 Å². The van der Waals surface area contributed by atoms with Crippen LogP contribution in [0.4, 0.5) is 15.8 Å². The lowest BCUT2D eigenvalue weighted by Gasteiger charge is -2.36. The van der Waals surface area contributed by atoms with Gasteiger partial charge in [0, 0.05) is 12.2 Å². The number of amides is 1. The van der Waals surface area contributed by atoms with Crippen molar-refractivity contribution in [1.29, 1.82) is 0 Å². The zero-order valence-corrected chi connectivity index (χ0v) is 16.2. The molecule has 1 aliphatic heterocycles. The molecule has 1 aliphatic rings. The van der Waals surface area contributed by atoms with Gasteiger partial charge in [-0.1, -0.05) is 25.1 Å². The third-order valence-corrected chi connectivity index (χ3v) is 5.95. The number of para-hydroxylation sites is 1. The molecule has 7 heteroatoms. The largest absolute Gasteiger partial charge is 0.310 e. The van der Waals surface area contributed by atoms with Gasteiger partial charge >= 0.3 is 0 Å². The van der Waals surface area contributed by atoms with Gasteiger partial charge in [0.15, 0.2) is 0 Å². The second-order valence-electron chi connectivity index (χ2n) is 6.68. The molecule has 5 nitrogen and oxygen atoms in total. The summed E-state index contributed by atoms with van der Waals surface area (Å²) in [5.74, 6) is -0.726. The number of anilines is 2. The number of rotatable bonds is 5. The molecule has 27 heavy (non-hydrogen) atoms. The van der Waals surface area contributed by atoms with Crippen LogP contribution in [0.15, 0.2) is 48.5 Å². The molecular weight excluding hydrogens is 367 g/mol. The van der Waals surface area contributed by atoms with Crippen molar-refractivity contribution in [1.82, 2.24) is 0 Å². The van der Waals surface area contributed by atoms with Crippen LogP contribution in [0.2, 0.25) is 0 Å². The van der Waals surface area contributed by atoms with E-state index in [4.69, 9.17) is 0 Å². The standard InChI is InChI=1S/C20H23FN2O3S/c1-3-18(23(27(2,25)26)17-12-10-16(21)11-13-17)20(24)22-14-6-8-15-7-4-5-9-19(15)22/h4-5,7,9-13,18H,3,6,8,14H2,1-2H3/t18-/m1/s1. The van der Waals surface area contributed by atoms with E-state index in [0.717, 1.165) is 34.7 Å². The minimum Gasteiger partial charge on any atom is -0.310 e. The molecule has 0 radical (unpaired) electrons. The first-order valence-electron chi connectivity index (χ1n) is 8.97. The Balaban J connectivity index is 2.01. The van der Waals surface area contributed by atoms with Gasteiger partial charge in [-0.05, 0) is 55.2 Å². The molecular formula is C20H23FN2O3S. The lowest BCUT2D eigenvalue weighted by Crippen LogP contribution is -2.52. The van der Waals surface area contributed by atoms with Crippen LogP contribution in [-0.4, -0.2) is 33.2 Å². The highest BCUT2D eigenvalue weighted by Gasteiger charge is 2.36. The molecule has 0 saturated heterocycles. The van der Waals surface area contributed by atoms with Crippen molar-refractivity contribution in [3.05, 3.63) is 59.9 Å². The highest BCUT2D eigenvalue weighted by atomic mass is 32.2. The summed E-state index contributed by atoms with van der Waals surface area (Å²) in [4.78, 5) is 15.0. The summed E-state index contributed by atoms with van der Waals surface area (Å²) in [5, 5.41) is 0. The van der Waals surface area contributed by atoms with Crippen molar-refractivity contribution < 1.29 is 17.6 Å². The third kappa shape index (κ3) is 3.98. The number of sulfonamides is 1. The van der Waals surface area contributed by atoms with Crippen LogP contribution in [0.25, 0.3) is 0 Å². The van der Waals surface area contributed by atoms with Gasteiger partial charge in [0.25, 0.3) is 5.91 Å². The number of hydrogen-bond donors (Lipinski definition) is 0. The SMILES string of the molecule is CC[C@H](C(=O)N1CCCc2ccccc21)N(c1ccc(F)cc1)S(C)(=O)=O. The first kappa shape index (κ1) is 19.4.